The summed E-state index contributed by atoms with van der Waals surface area (Å²) in [6, 6.07) is 1.71. The first-order valence-corrected chi connectivity index (χ1v) is 4.86. The molecule has 1 aromatic heterocycles. The summed E-state index contributed by atoms with van der Waals surface area (Å²) in [5, 5.41) is 10.3. The van der Waals surface area contributed by atoms with Gasteiger partial charge in [-0.05, 0) is 26.8 Å². The lowest BCUT2D eigenvalue weighted by atomic mass is 10.3. The van der Waals surface area contributed by atoms with Crippen LogP contribution in [0.4, 0.5) is 5.69 Å². The van der Waals surface area contributed by atoms with Crippen LogP contribution in [0.1, 0.15) is 19.5 Å². The fourth-order valence-corrected chi connectivity index (χ4v) is 1.09. The minimum absolute atomic E-state index is 0.173. The molecular weight excluding hydrogens is 194 g/mol. The van der Waals surface area contributed by atoms with Gasteiger partial charge >= 0.3 is 0 Å². The molecule has 5 heteroatoms. The second-order valence-corrected chi connectivity index (χ2v) is 3.12. The van der Waals surface area contributed by atoms with Crippen molar-refractivity contribution in [3.05, 3.63) is 18.0 Å². The Morgan fingerprint density at radius 3 is 3.00 bits per heavy atom. The molecule has 82 valence electrons. The average Bonchev–Trinajstić information content (AvgIpc) is 2.21. The van der Waals surface area contributed by atoms with Gasteiger partial charge in [0.05, 0.1) is 17.6 Å². The molecule has 0 aliphatic rings. The van der Waals surface area contributed by atoms with E-state index in [0.717, 1.165) is 0 Å². The third-order valence-electron chi connectivity index (χ3n) is 1.95. The number of nitrogens with one attached hydrogen (secondary N) is 1. The van der Waals surface area contributed by atoms with E-state index in [2.05, 4.69) is 15.5 Å². The molecule has 1 atom stereocenters. The lowest BCUT2D eigenvalue weighted by Crippen LogP contribution is -2.28. The van der Waals surface area contributed by atoms with Crippen LogP contribution < -0.4 is 5.32 Å². The molecule has 1 rings (SSSR count). The first-order chi connectivity index (χ1) is 7.15. The van der Waals surface area contributed by atoms with Gasteiger partial charge < -0.3 is 10.1 Å². The van der Waals surface area contributed by atoms with Crippen LogP contribution >= 0.6 is 0 Å². The Labute approximate surface area is 88.9 Å². The summed E-state index contributed by atoms with van der Waals surface area (Å²) in [6.45, 7) is 5.86. The highest BCUT2D eigenvalue weighted by Gasteiger charge is 2.13. The van der Waals surface area contributed by atoms with Gasteiger partial charge in [-0.3, -0.25) is 4.79 Å². The minimum Gasteiger partial charge on any atom is -0.369 e. The van der Waals surface area contributed by atoms with Crippen LogP contribution in [-0.4, -0.2) is 28.8 Å². The molecule has 0 aromatic carbocycles. The van der Waals surface area contributed by atoms with Crippen molar-refractivity contribution in [1.82, 2.24) is 10.2 Å². The molecule has 0 aliphatic heterocycles. The van der Waals surface area contributed by atoms with Crippen molar-refractivity contribution in [3.63, 3.8) is 0 Å². The quantitative estimate of drug-likeness (QED) is 0.807. The van der Waals surface area contributed by atoms with E-state index in [1.54, 1.807) is 19.9 Å². The van der Waals surface area contributed by atoms with Crippen molar-refractivity contribution in [1.29, 1.82) is 0 Å². The summed E-state index contributed by atoms with van der Waals surface area (Å²) in [7, 11) is 0. The number of anilines is 1. The Hall–Kier alpha value is -1.49. The van der Waals surface area contributed by atoms with Gasteiger partial charge in [0.25, 0.3) is 5.91 Å². The fraction of sp³-hybridized carbons (Fsp3) is 0.500. The fourth-order valence-electron chi connectivity index (χ4n) is 1.09. The SMILES string of the molecule is CCO[C@@H](C)C(=O)Nc1ccnnc1C. The highest BCUT2D eigenvalue weighted by Crippen LogP contribution is 2.09. The van der Waals surface area contributed by atoms with Gasteiger partial charge in [-0.1, -0.05) is 0 Å². The van der Waals surface area contributed by atoms with Crippen LogP contribution in [0, 0.1) is 6.92 Å². The first kappa shape index (κ1) is 11.6. The molecule has 1 N–H and O–H groups in total. The number of carbonyl (C=O) groups excluding carboxylic acids is 1. The number of aromatic nitrogens is 2. The minimum atomic E-state index is -0.456. The van der Waals surface area contributed by atoms with Crippen LogP contribution in [0.15, 0.2) is 12.3 Å². The summed E-state index contributed by atoms with van der Waals surface area (Å²) in [6.07, 6.45) is 1.08. The predicted octanol–water partition coefficient (Wildman–Crippen LogP) is 1.15. The lowest BCUT2D eigenvalue weighted by molar-refractivity contribution is -0.126. The number of hydrogen-bond acceptors (Lipinski definition) is 4. The summed E-state index contributed by atoms with van der Waals surface area (Å²) < 4.78 is 5.17. The summed E-state index contributed by atoms with van der Waals surface area (Å²) in [5.74, 6) is -0.173. The Morgan fingerprint density at radius 2 is 2.40 bits per heavy atom. The molecule has 1 amide bonds. The Balaban J connectivity index is 2.62. The number of aryl methyl sites for hydroxylation is 1. The van der Waals surface area contributed by atoms with E-state index in [1.807, 2.05) is 6.92 Å². The van der Waals surface area contributed by atoms with Gasteiger partial charge in [0.15, 0.2) is 0 Å². The zero-order valence-electron chi connectivity index (χ0n) is 9.15. The molecule has 5 nitrogen and oxygen atoms in total. The molecular formula is C10H15N3O2. The van der Waals surface area contributed by atoms with Crippen molar-refractivity contribution in [2.45, 2.75) is 26.9 Å². The van der Waals surface area contributed by atoms with E-state index in [4.69, 9.17) is 4.74 Å². The number of nitrogens with zero attached hydrogens (tertiary/aromatic N) is 2. The van der Waals surface area contributed by atoms with Gasteiger partial charge in [0.1, 0.15) is 6.10 Å². The number of hydrogen-bond donors (Lipinski definition) is 1. The molecule has 1 heterocycles. The molecule has 0 saturated heterocycles. The van der Waals surface area contributed by atoms with Gasteiger partial charge in [-0.2, -0.15) is 10.2 Å². The molecule has 0 aliphatic carbocycles. The monoisotopic (exact) mass is 209 g/mol. The van der Waals surface area contributed by atoms with Crippen LogP contribution in [0.5, 0.6) is 0 Å². The van der Waals surface area contributed by atoms with E-state index < -0.39 is 6.10 Å². The summed E-state index contributed by atoms with van der Waals surface area (Å²) >= 11 is 0. The van der Waals surface area contributed by atoms with Crippen LogP contribution in [0.2, 0.25) is 0 Å². The second-order valence-electron chi connectivity index (χ2n) is 3.12. The largest absolute Gasteiger partial charge is 0.369 e. The highest BCUT2D eigenvalue weighted by atomic mass is 16.5. The molecule has 0 bridgehead atoms. The van der Waals surface area contributed by atoms with Crippen LogP contribution in [0.25, 0.3) is 0 Å². The zero-order valence-corrected chi connectivity index (χ0v) is 9.15. The van der Waals surface area contributed by atoms with Crippen molar-refractivity contribution in [3.8, 4) is 0 Å². The highest BCUT2D eigenvalue weighted by molar-refractivity contribution is 5.94. The zero-order chi connectivity index (χ0) is 11.3. The van der Waals surface area contributed by atoms with Crippen LogP contribution in [-0.2, 0) is 9.53 Å². The maximum atomic E-state index is 11.6. The summed E-state index contributed by atoms with van der Waals surface area (Å²) in [4.78, 5) is 11.6. The smallest absolute Gasteiger partial charge is 0.253 e. The van der Waals surface area contributed by atoms with E-state index in [9.17, 15) is 4.79 Å². The van der Waals surface area contributed by atoms with Gasteiger partial charge in [-0.25, -0.2) is 0 Å². The maximum Gasteiger partial charge on any atom is 0.253 e. The van der Waals surface area contributed by atoms with Crippen molar-refractivity contribution >= 4 is 11.6 Å². The third kappa shape index (κ3) is 3.28. The van der Waals surface area contributed by atoms with Gasteiger partial charge in [0.2, 0.25) is 0 Å². The lowest BCUT2D eigenvalue weighted by Gasteiger charge is -2.12. The molecule has 15 heavy (non-hydrogen) atoms. The van der Waals surface area contributed by atoms with E-state index in [0.29, 0.717) is 18.0 Å². The number of carbonyl (C=O) groups is 1. The van der Waals surface area contributed by atoms with Crippen molar-refractivity contribution < 1.29 is 9.53 Å². The van der Waals surface area contributed by atoms with Gasteiger partial charge in [-0.15, -0.1) is 0 Å². The van der Waals surface area contributed by atoms with Crippen molar-refractivity contribution in [2.24, 2.45) is 0 Å². The molecule has 0 spiro atoms. The standard InChI is InChI=1S/C10H15N3O2/c1-4-15-8(3)10(14)12-9-5-6-11-13-7(9)2/h5-6,8H,4H2,1-3H3,(H,11,12,14)/t8-/m0/s1. The summed E-state index contributed by atoms with van der Waals surface area (Å²) in [5.41, 5.74) is 1.36. The van der Waals surface area contributed by atoms with Crippen LogP contribution in [0.3, 0.4) is 0 Å². The molecule has 0 unspecified atom stereocenters. The Bertz CT molecular complexity index is 341. The second kappa shape index (κ2) is 5.41. The Morgan fingerprint density at radius 1 is 1.67 bits per heavy atom. The molecule has 0 radical (unpaired) electrons. The first-order valence-electron chi connectivity index (χ1n) is 4.86. The average molecular weight is 209 g/mol. The van der Waals surface area contributed by atoms with E-state index in [1.165, 1.54) is 6.20 Å². The molecule has 0 fully saturated rings. The third-order valence-corrected chi connectivity index (χ3v) is 1.95. The van der Waals surface area contributed by atoms with Crippen molar-refractivity contribution in [2.75, 3.05) is 11.9 Å². The number of amides is 1. The molecule has 1 aromatic rings. The topological polar surface area (TPSA) is 64.1 Å². The number of rotatable bonds is 4. The Kier molecular flexibility index (Phi) is 4.17. The van der Waals surface area contributed by atoms with Gasteiger partial charge in [0, 0.05) is 6.61 Å². The number of ether oxygens (including phenoxy) is 1. The van der Waals surface area contributed by atoms with E-state index in [-0.39, 0.29) is 5.91 Å². The molecule has 0 saturated carbocycles. The normalized spacial score (nSPS) is 12.2. The van der Waals surface area contributed by atoms with E-state index >= 15 is 0 Å². The maximum absolute atomic E-state index is 11.6. The predicted molar refractivity (Wildman–Crippen MR) is 56.5 cm³/mol.